The lowest BCUT2D eigenvalue weighted by molar-refractivity contribution is 0.528. The Morgan fingerprint density at radius 2 is 2.05 bits per heavy atom. The number of rotatable bonds is 6. The average molecular weight is 331 g/mol. The molecule has 1 aromatic rings. The van der Waals surface area contributed by atoms with Crippen molar-refractivity contribution in [3.8, 4) is 0 Å². The molecule has 8 heteroatoms. The molecule has 0 aliphatic heterocycles. The van der Waals surface area contributed by atoms with Crippen molar-refractivity contribution in [2.45, 2.75) is 24.8 Å². The van der Waals surface area contributed by atoms with Crippen molar-refractivity contribution in [1.82, 2.24) is 10.0 Å². The molecule has 0 unspecified atom stereocenters. The summed E-state index contributed by atoms with van der Waals surface area (Å²) in [5.41, 5.74) is 0. The van der Waals surface area contributed by atoms with Crippen LogP contribution >= 0.6 is 24.0 Å². The van der Waals surface area contributed by atoms with Gasteiger partial charge in [-0.2, -0.15) is 0 Å². The summed E-state index contributed by atoms with van der Waals surface area (Å²) in [5.74, 6) is -0.817. The molecule has 1 aromatic carbocycles. The monoisotopic (exact) mass is 330 g/mol. The molecular formula is C11H17Cl2FN2O2S. The molecule has 0 saturated heterocycles. The van der Waals surface area contributed by atoms with Crippen LogP contribution in [0.5, 0.6) is 0 Å². The smallest absolute Gasteiger partial charge is 0.243 e. The molecular weight excluding hydrogens is 314 g/mol. The molecule has 1 atom stereocenters. The van der Waals surface area contributed by atoms with Crippen molar-refractivity contribution in [3.05, 3.63) is 29.0 Å². The summed E-state index contributed by atoms with van der Waals surface area (Å²) in [6.45, 7) is 4.67. The number of halogens is 3. The Kier molecular flexibility index (Phi) is 7.85. The standard InChI is InChI=1S/C11H16ClFN2O2S.ClH/c1-3-14-8(2)7-15-18(16,17)11-6-9(12)4-5-10(11)13;/h4-6,8,14-15H,3,7H2,1-2H3;1H/t8-;/m1./s1. The molecule has 0 radical (unpaired) electrons. The lowest BCUT2D eigenvalue weighted by Gasteiger charge is -2.14. The molecule has 0 heterocycles. The van der Waals surface area contributed by atoms with Gasteiger partial charge in [0.2, 0.25) is 10.0 Å². The molecule has 0 amide bonds. The summed E-state index contributed by atoms with van der Waals surface area (Å²) in [5, 5.41) is 3.23. The lowest BCUT2D eigenvalue weighted by atomic mass is 10.3. The normalized spacial score (nSPS) is 12.8. The van der Waals surface area contributed by atoms with E-state index in [9.17, 15) is 12.8 Å². The van der Waals surface area contributed by atoms with Gasteiger partial charge in [0.1, 0.15) is 10.7 Å². The van der Waals surface area contributed by atoms with E-state index in [0.29, 0.717) is 0 Å². The predicted molar refractivity (Wildman–Crippen MR) is 77.0 cm³/mol. The summed E-state index contributed by atoms with van der Waals surface area (Å²) in [6, 6.07) is 3.39. The molecule has 4 nitrogen and oxygen atoms in total. The number of hydrogen-bond donors (Lipinski definition) is 2. The van der Waals surface area contributed by atoms with E-state index in [4.69, 9.17) is 11.6 Å². The van der Waals surface area contributed by atoms with Crippen LogP contribution in [0.1, 0.15) is 13.8 Å². The van der Waals surface area contributed by atoms with Gasteiger partial charge in [-0.15, -0.1) is 12.4 Å². The Morgan fingerprint density at radius 3 is 2.63 bits per heavy atom. The molecule has 0 saturated carbocycles. The van der Waals surface area contributed by atoms with Gasteiger partial charge in [0, 0.05) is 17.6 Å². The quantitative estimate of drug-likeness (QED) is 0.840. The lowest BCUT2D eigenvalue weighted by Crippen LogP contribution is -2.39. The van der Waals surface area contributed by atoms with Gasteiger partial charge in [-0.1, -0.05) is 18.5 Å². The van der Waals surface area contributed by atoms with E-state index in [0.717, 1.165) is 18.7 Å². The van der Waals surface area contributed by atoms with Gasteiger partial charge < -0.3 is 5.32 Å². The zero-order valence-corrected chi connectivity index (χ0v) is 13.0. The van der Waals surface area contributed by atoms with Gasteiger partial charge in [-0.3, -0.25) is 0 Å². The number of sulfonamides is 1. The molecule has 0 aliphatic rings. The van der Waals surface area contributed by atoms with Crippen molar-refractivity contribution >= 4 is 34.0 Å². The van der Waals surface area contributed by atoms with Crippen LogP contribution in [-0.2, 0) is 10.0 Å². The van der Waals surface area contributed by atoms with Crippen LogP contribution in [0.2, 0.25) is 5.02 Å². The molecule has 0 spiro atoms. The Labute approximate surface area is 124 Å². The maximum atomic E-state index is 13.4. The second kappa shape index (κ2) is 8.01. The van der Waals surface area contributed by atoms with Crippen LogP contribution in [0.25, 0.3) is 0 Å². The summed E-state index contributed by atoms with van der Waals surface area (Å²) in [7, 11) is -3.88. The highest BCUT2D eigenvalue weighted by Crippen LogP contribution is 2.19. The third-order valence-corrected chi connectivity index (χ3v) is 3.99. The highest BCUT2D eigenvalue weighted by molar-refractivity contribution is 7.89. The van der Waals surface area contributed by atoms with Crippen molar-refractivity contribution in [2.75, 3.05) is 13.1 Å². The molecule has 1 rings (SSSR count). The summed E-state index contributed by atoms with van der Waals surface area (Å²) in [4.78, 5) is -0.432. The van der Waals surface area contributed by atoms with E-state index in [1.165, 1.54) is 6.07 Å². The molecule has 2 N–H and O–H groups in total. The van der Waals surface area contributed by atoms with Crippen molar-refractivity contribution in [2.24, 2.45) is 0 Å². The first-order valence-electron chi connectivity index (χ1n) is 5.55. The minimum Gasteiger partial charge on any atom is -0.313 e. The third kappa shape index (κ3) is 5.62. The van der Waals surface area contributed by atoms with Gasteiger partial charge in [0.15, 0.2) is 0 Å². The Hall–Kier alpha value is -0.400. The van der Waals surface area contributed by atoms with Crippen molar-refractivity contribution in [3.63, 3.8) is 0 Å². The Bertz CT molecular complexity index is 511. The summed E-state index contributed by atoms with van der Waals surface area (Å²) in [6.07, 6.45) is 0. The van der Waals surface area contributed by atoms with Gasteiger partial charge in [-0.05, 0) is 31.7 Å². The van der Waals surface area contributed by atoms with Crippen LogP contribution in [0.3, 0.4) is 0 Å². The minimum absolute atomic E-state index is 0. The molecule has 0 aromatic heterocycles. The number of likely N-dealkylation sites (N-methyl/N-ethyl adjacent to an activating group) is 1. The zero-order valence-electron chi connectivity index (χ0n) is 10.6. The predicted octanol–water partition coefficient (Wildman–Crippen LogP) is 2.18. The fraction of sp³-hybridized carbons (Fsp3) is 0.455. The number of hydrogen-bond acceptors (Lipinski definition) is 3. The van der Waals surface area contributed by atoms with Gasteiger partial charge in [-0.25, -0.2) is 17.5 Å². The first-order chi connectivity index (χ1) is 8.36. The molecule has 0 bridgehead atoms. The fourth-order valence-corrected chi connectivity index (χ4v) is 2.88. The van der Waals surface area contributed by atoms with E-state index in [2.05, 4.69) is 10.0 Å². The highest BCUT2D eigenvalue weighted by Gasteiger charge is 2.19. The highest BCUT2D eigenvalue weighted by atomic mass is 35.5. The van der Waals surface area contributed by atoms with Crippen LogP contribution in [0.15, 0.2) is 23.1 Å². The van der Waals surface area contributed by atoms with Crippen molar-refractivity contribution in [1.29, 1.82) is 0 Å². The van der Waals surface area contributed by atoms with E-state index in [1.54, 1.807) is 0 Å². The topological polar surface area (TPSA) is 58.2 Å². The molecule has 110 valence electrons. The van der Waals surface area contributed by atoms with Crippen LogP contribution < -0.4 is 10.0 Å². The Morgan fingerprint density at radius 1 is 1.42 bits per heavy atom. The first kappa shape index (κ1) is 18.6. The number of benzene rings is 1. The van der Waals surface area contributed by atoms with Gasteiger partial charge in [0.25, 0.3) is 0 Å². The van der Waals surface area contributed by atoms with E-state index in [-0.39, 0.29) is 30.0 Å². The second-order valence-corrected chi connectivity index (χ2v) is 6.06. The molecule has 0 fully saturated rings. The van der Waals surface area contributed by atoms with E-state index < -0.39 is 20.7 Å². The van der Waals surface area contributed by atoms with Gasteiger partial charge in [0.05, 0.1) is 0 Å². The second-order valence-electron chi connectivity index (χ2n) is 3.89. The maximum Gasteiger partial charge on any atom is 0.243 e. The molecule has 19 heavy (non-hydrogen) atoms. The summed E-state index contributed by atoms with van der Waals surface area (Å²) < 4.78 is 39.5. The first-order valence-corrected chi connectivity index (χ1v) is 7.41. The third-order valence-electron chi connectivity index (χ3n) is 2.31. The van der Waals surface area contributed by atoms with Crippen molar-refractivity contribution < 1.29 is 12.8 Å². The van der Waals surface area contributed by atoms with E-state index in [1.807, 2.05) is 13.8 Å². The van der Waals surface area contributed by atoms with Crippen LogP contribution in [0.4, 0.5) is 4.39 Å². The average Bonchev–Trinajstić information content (AvgIpc) is 2.30. The maximum absolute atomic E-state index is 13.4. The summed E-state index contributed by atoms with van der Waals surface area (Å²) >= 11 is 5.66. The van der Waals surface area contributed by atoms with E-state index >= 15 is 0 Å². The Balaban J connectivity index is 0.00000324. The zero-order chi connectivity index (χ0) is 13.8. The van der Waals surface area contributed by atoms with Crippen LogP contribution in [-0.4, -0.2) is 27.5 Å². The number of nitrogens with one attached hydrogen (secondary N) is 2. The largest absolute Gasteiger partial charge is 0.313 e. The van der Waals surface area contributed by atoms with Gasteiger partial charge >= 0.3 is 0 Å². The molecule has 0 aliphatic carbocycles. The fourth-order valence-electron chi connectivity index (χ4n) is 1.42. The minimum atomic E-state index is -3.88. The SMILES string of the molecule is CCN[C@H](C)CNS(=O)(=O)c1cc(Cl)ccc1F.Cl. The van der Waals surface area contributed by atoms with Crippen LogP contribution in [0, 0.1) is 5.82 Å².